The van der Waals surface area contributed by atoms with E-state index in [-0.39, 0.29) is 10.9 Å². The quantitative estimate of drug-likeness (QED) is 0.796. The number of carbonyl (C=O) groups is 1. The molecule has 22 heavy (non-hydrogen) atoms. The summed E-state index contributed by atoms with van der Waals surface area (Å²) in [6.45, 7) is 1.60. The standard InChI is InChI=1S/C13H15N5O3S/c1-8-16-11(6-12(17-8)22(3,20)21)18-10-5-4-9(7-15-10)13(19)14-2/h4-7H,1-3H3,(H,14,19)(H,15,16,17,18). The first kappa shape index (κ1) is 15.8. The summed E-state index contributed by atoms with van der Waals surface area (Å²) in [5.74, 6) is 0.835. The maximum Gasteiger partial charge on any atom is 0.252 e. The summed E-state index contributed by atoms with van der Waals surface area (Å²) in [6.07, 6.45) is 2.49. The van der Waals surface area contributed by atoms with Crippen LogP contribution in [0.3, 0.4) is 0 Å². The second-order valence-corrected chi connectivity index (χ2v) is 6.51. The van der Waals surface area contributed by atoms with Crippen molar-refractivity contribution in [3.8, 4) is 0 Å². The predicted molar refractivity (Wildman–Crippen MR) is 80.8 cm³/mol. The summed E-state index contributed by atoms with van der Waals surface area (Å²) in [7, 11) is -1.89. The minimum absolute atomic E-state index is 0.0653. The third kappa shape index (κ3) is 3.76. The van der Waals surface area contributed by atoms with Crippen LogP contribution < -0.4 is 10.6 Å². The third-order valence-corrected chi connectivity index (χ3v) is 3.67. The largest absolute Gasteiger partial charge is 0.355 e. The van der Waals surface area contributed by atoms with Crippen molar-refractivity contribution in [2.75, 3.05) is 18.6 Å². The minimum Gasteiger partial charge on any atom is -0.355 e. The molecule has 0 saturated heterocycles. The molecule has 2 rings (SSSR count). The number of nitrogens with zero attached hydrogens (tertiary/aromatic N) is 3. The van der Waals surface area contributed by atoms with Gasteiger partial charge in [-0.3, -0.25) is 4.79 Å². The molecule has 0 aromatic carbocycles. The molecule has 0 fully saturated rings. The molecule has 0 unspecified atom stereocenters. The highest BCUT2D eigenvalue weighted by Gasteiger charge is 2.12. The molecule has 0 spiro atoms. The number of nitrogens with one attached hydrogen (secondary N) is 2. The monoisotopic (exact) mass is 321 g/mol. The van der Waals surface area contributed by atoms with E-state index in [0.29, 0.717) is 23.0 Å². The lowest BCUT2D eigenvalue weighted by molar-refractivity contribution is 0.0963. The fourth-order valence-electron chi connectivity index (χ4n) is 1.67. The maximum atomic E-state index is 11.6. The molecule has 0 saturated carbocycles. The van der Waals surface area contributed by atoms with Gasteiger partial charge in [0.05, 0.1) is 5.56 Å². The highest BCUT2D eigenvalue weighted by atomic mass is 32.2. The minimum atomic E-state index is -3.43. The first-order valence-electron chi connectivity index (χ1n) is 6.30. The first-order chi connectivity index (χ1) is 10.3. The number of anilines is 2. The highest BCUT2D eigenvalue weighted by Crippen LogP contribution is 2.16. The molecule has 0 aliphatic carbocycles. The number of sulfone groups is 1. The summed E-state index contributed by atoms with van der Waals surface area (Å²) >= 11 is 0. The Kier molecular flexibility index (Phi) is 4.36. The van der Waals surface area contributed by atoms with Gasteiger partial charge in [-0.1, -0.05) is 0 Å². The Bertz CT molecular complexity index is 803. The van der Waals surface area contributed by atoms with Gasteiger partial charge in [-0.15, -0.1) is 0 Å². The van der Waals surface area contributed by atoms with Crippen LogP contribution >= 0.6 is 0 Å². The van der Waals surface area contributed by atoms with Crippen molar-refractivity contribution in [2.24, 2.45) is 0 Å². The lowest BCUT2D eigenvalue weighted by Crippen LogP contribution is -2.17. The van der Waals surface area contributed by atoms with E-state index in [4.69, 9.17) is 0 Å². The van der Waals surface area contributed by atoms with Crippen molar-refractivity contribution in [1.82, 2.24) is 20.3 Å². The van der Waals surface area contributed by atoms with E-state index < -0.39 is 9.84 Å². The zero-order valence-electron chi connectivity index (χ0n) is 12.3. The van der Waals surface area contributed by atoms with Crippen LogP contribution in [0.15, 0.2) is 29.4 Å². The fraction of sp³-hybridized carbons (Fsp3) is 0.231. The molecule has 2 heterocycles. The molecular formula is C13H15N5O3S. The lowest BCUT2D eigenvalue weighted by atomic mass is 10.2. The van der Waals surface area contributed by atoms with E-state index in [9.17, 15) is 13.2 Å². The number of hydrogen-bond acceptors (Lipinski definition) is 7. The van der Waals surface area contributed by atoms with Crippen LogP contribution in [0.25, 0.3) is 0 Å². The first-order valence-corrected chi connectivity index (χ1v) is 8.19. The molecule has 0 bridgehead atoms. The van der Waals surface area contributed by atoms with Gasteiger partial charge in [0, 0.05) is 25.6 Å². The van der Waals surface area contributed by atoms with Gasteiger partial charge in [0.2, 0.25) is 0 Å². The number of aryl methyl sites for hydroxylation is 1. The predicted octanol–water partition coefficient (Wildman–Crippen LogP) is 0.687. The van der Waals surface area contributed by atoms with Gasteiger partial charge >= 0.3 is 0 Å². The zero-order chi connectivity index (χ0) is 16.3. The Morgan fingerprint density at radius 2 is 1.91 bits per heavy atom. The van der Waals surface area contributed by atoms with Gasteiger partial charge in [-0.2, -0.15) is 0 Å². The Balaban J connectivity index is 2.27. The molecule has 8 nitrogen and oxygen atoms in total. The summed E-state index contributed by atoms with van der Waals surface area (Å²) in [6, 6.07) is 4.53. The van der Waals surface area contributed by atoms with E-state index >= 15 is 0 Å². The van der Waals surface area contributed by atoms with Gasteiger partial charge in [0.1, 0.15) is 17.5 Å². The Morgan fingerprint density at radius 1 is 1.18 bits per heavy atom. The highest BCUT2D eigenvalue weighted by molar-refractivity contribution is 7.90. The molecule has 0 aliphatic rings. The molecule has 2 aromatic heterocycles. The normalized spacial score (nSPS) is 11.0. The number of hydrogen-bond donors (Lipinski definition) is 2. The van der Waals surface area contributed by atoms with Crippen LogP contribution in [0.1, 0.15) is 16.2 Å². The van der Waals surface area contributed by atoms with Crippen molar-refractivity contribution in [2.45, 2.75) is 11.9 Å². The van der Waals surface area contributed by atoms with Crippen LogP contribution in [-0.4, -0.2) is 42.6 Å². The van der Waals surface area contributed by atoms with E-state index in [1.807, 2.05) is 0 Å². The Hall–Kier alpha value is -2.55. The summed E-state index contributed by atoms with van der Waals surface area (Å²) < 4.78 is 23.1. The van der Waals surface area contributed by atoms with E-state index in [1.165, 1.54) is 19.3 Å². The Morgan fingerprint density at radius 3 is 2.45 bits per heavy atom. The van der Waals surface area contributed by atoms with Crippen molar-refractivity contribution in [3.05, 3.63) is 35.8 Å². The number of amides is 1. The van der Waals surface area contributed by atoms with Crippen LogP contribution in [0.2, 0.25) is 0 Å². The molecule has 2 aromatic rings. The van der Waals surface area contributed by atoms with Crippen molar-refractivity contribution in [1.29, 1.82) is 0 Å². The van der Waals surface area contributed by atoms with Crippen molar-refractivity contribution >= 4 is 27.4 Å². The van der Waals surface area contributed by atoms with E-state index in [1.54, 1.807) is 19.1 Å². The molecule has 0 aliphatic heterocycles. The van der Waals surface area contributed by atoms with Gasteiger partial charge < -0.3 is 10.6 Å². The molecule has 0 radical (unpaired) electrons. The second kappa shape index (κ2) is 6.06. The molecule has 9 heteroatoms. The SMILES string of the molecule is CNC(=O)c1ccc(Nc2cc(S(C)(=O)=O)nc(C)n2)nc1. The van der Waals surface area contributed by atoms with E-state index in [2.05, 4.69) is 25.6 Å². The van der Waals surface area contributed by atoms with Gasteiger partial charge in [-0.25, -0.2) is 23.4 Å². The van der Waals surface area contributed by atoms with Gasteiger partial charge in [-0.05, 0) is 19.1 Å². The van der Waals surface area contributed by atoms with E-state index in [0.717, 1.165) is 6.26 Å². The number of rotatable bonds is 4. The molecule has 0 atom stereocenters. The lowest BCUT2D eigenvalue weighted by Gasteiger charge is -2.07. The smallest absolute Gasteiger partial charge is 0.252 e. The van der Waals surface area contributed by atoms with Crippen LogP contribution in [0, 0.1) is 6.92 Å². The molecular weight excluding hydrogens is 306 g/mol. The topological polar surface area (TPSA) is 114 Å². The number of aromatic nitrogens is 3. The second-order valence-electron chi connectivity index (χ2n) is 4.55. The summed E-state index contributed by atoms with van der Waals surface area (Å²) in [5.41, 5.74) is 0.420. The molecule has 2 N–H and O–H groups in total. The maximum absolute atomic E-state index is 11.6. The fourth-order valence-corrected chi connectivity index (χ4v) is 2.30. The van der Waals surface area contributed by atoms with Crippen LogP contribution in [0.4, 0.5) is 11.6 Å². The summed E-state index contributed by atoms with van der Waals surface area (Å²) in [5, 5.41) is 5.31. The Labute approximate surface area is 127 Å². The summed E-state index contributed by atoms with van der Waals surface area (Å²) in [4.78, 5) is 23.5. The molecule has 1 amide bonds. The van der Waals surface area contributed by atoms with Crippen LogP contribution in [-0.2, 0) is 9.84 Å². The molecule has 116 valence electrons. The van der Waals surface area contributed by atoms with Gasteiger partial charge in [0.15, 0.2) is 14.9 Å². The number of carbonyl (C=O) groups excluding carboxylic acids is 1. The third-order valence-electron chi connectivity index (χ3n) is 2.70. The average Bonchev–Trinajstić information content (AvgIpc) is 2.45. The average molecular weight is 321 g/mol. The van der Waals surface area contributed by atoms with Crippen LogP contribution in [0.5, 0.6) is 0 Å². The van der Waals surface area contributed by atoms with Crippen molar-refractivity contribution in [3.63, 3.8) is 0 Å². The van der Waals surface area contributed by atoms with Gasteiger partial charge in [0.25, 0.3) is 5.91 Å². The number of pyridine rings is 1. The zero-order valence-corrected chi connectivity index (χ0v) is 13.1. The van der Waals surface area contributed by atoms with Crippen molar-refractivity contribution < 1.29 is 13.2 Å².